The van der Waals surface area contributed by atoms with Crippen molar-refractivity contribution in [3.63, 3.8) is 0 Å². The number of aliphatic carboxylic acids is 1. The number of hydrogen-bond acceptors (Lipinski definition) is 16. The van der Waals surface area contributed by atoms with Crippen molar-refractivity contribution in [2.75, 3.05) is 70.9 Å². The number of imide groups is 1. The molecule has 4 amide bonds. The van der Waals surface area contributed by atoms with Crippen LogP contribution in [0.1, 0.15) is 92.2 Å². The number of allylic oxidation sites excluding steroid dienone is 1. The number of carbonyl (C=O) groups excluding carboxylic acids is 4. The van der Waals surface area contributed by atoms with Crippen LogP contribution in [0.3, 0.4) is 0 Å². The number of para-hydroxylation sites is 3. The fourth-order valence-corrected chi connectivity index (χ4v) is 9.23. The van der Waals surface area contributed by atoms with Gasteiger partial charge in [-0.2, -0.15) is 15.0 Å². The summed E-state index contributed by atoms with van der Waals surface area (Å²) in [5, 5.41) is 16.4. The SMILES string of the molecule is CC(C)=C1OC(=O)N(c2cc(OC3CCCC3)c(Cl)cc2F)C1=O.CC1COc2ccccc2N1C(=O)C(Cl)Cl.CCNc1nc(Cl)nc(NC(C)C)n1.CCc1cccc(C)c1N(C(=O)CCl)C(C)COC.O=C(O)CNCP(=O)(O)O. The normalized spacial score (nSPS) is 14.9. The lowest BCUT2D eigenvalue weighted by molar-refractivity contribution is -0.136. The number of cyclic esters (lactones) is 1. The van der Waals surface area contributed by atoms with E-state index in [9.17, 15) is 32.9 Å². The van der Waals surface area contributed by atoms with E-state index in [1.54, 1.807) is 30.8 Å². The summed E-state index contributed by atoms with van der Waals surface area (Å²) in [5.41, 5.74) is 4.24. The van der Waals surface area contributed by atoms with Crippen LogP contribution in [0.4, 0.5) is 38.1 Å². The lowest BCUT2D eigenvalue weighted by Gasteiger charge is -2.35. The first-order valence-corrected chi connectivity index (χ1v) is 30.1. The Morgan fingerprint density at radius 3 is 2.17 bits per heavy atom. The van der Waals surface area contributed by atoms with Crippen molar-refractivity contribution < 1.29 is 66.8 Å². The predicted molar refractivity (Wildman–Crippen MR) is 321 cm³/mol. The number of carbonyl (C=O) groups is 5. The number of alkyl halides is 3. The maximum atomic E-state index is 14.3. The number of amides is 4. The molecule has 1 aliphatic carbocycles. The molecule has 0 spiro atoms. The molecule has 3 aliphatic rings. The van der Waals surface area contributed by atoms with Gasteiger partial charge < -0.3 is 54.3 Å². The minimum atomic E-state index is -4.10. The first-order chi connectivity index (χ1) is 39.1. The van der Waals surface area contributed by atoms with Gasteiger partial charge in [0.25, 0.3) is 5.91 Å². The Hall–Kier alpha value is -5.59. The molecule has 2 unspecified atom stereocenters. The number of nitrogens with zero attached hydrogens (tertiary/aromatic N) is 6. The molecule has 83 heavy (non-hydrogen) atoms. The van der Waals surface area contributed by atoms with E-state index >= 15 is 0 Å². The monoisotopic (exact) mass is 1280 g/mol. The second kappa shape index (κ2) is 35.0. The highest BCUT2D eigenvalue weighted by atomic mass is 35.5. The molecule has 0 bridgehead atoms. The summed E-state index contributed by atoms with van der Waals surface area (Å²) in [5.74, 6) is -1.22. The number of hydrogen-bond donors (Lipinski definition) is 6. The predicted octanol–water partition coefficient (Wildman–Crippen LogP) is 10.9. The summed E-state index contributed by atoms with van der Waals surface area (Å²) in [6.45, 7) is 18.5. The molecule has 2 atom stereocenters. The summed E-state index contributed by atoms with van der Waals surface area (Å²) in [6.07, 6.45) is 3.28. The number of aryl methyl sites for hydroxylation is 2. The molecule has 29 heteroatoms. The third-order valence-electron chi connectivity index (χ3n) is 11.7. The highest BCUT2D eigenvalue weighted by Gasteiger charge is 2.40. The van der Waals surface area contributed by atoms with E-state index in [1.165, 1.54) is 6.07 Å². The number of halogens is 6. The van der Waals surface area contributed by atoms with Gasteiger partial charge in [-0.15, -0.1) is 11.6 Å². The highest BCUT2D eigenvalue weighted by Crippen LogP contribution is 2.39. The van der Waals surface area contributed by atoms with Gasteiger partial charge in [0, 0.05) is 25.8 Å². The number of carboxylic acid groups (broad SMARTS) is 1. The zero-order chi connectivity index (χ0) is 62.3. The maximum absolute atomic E-state index is 14.3. The molecule has 2 fully saturated rings. The Morgan fingerprint density at radius 2 is 1.61 bits per heavy atom. The van der Waals surface area contributed by atoms with Crippen LogP contribution in [0.2, 0.25) is 10.3 Å². The molecule has 1 aromatic heterocycles. The molecule has 4 aromatic rings. The van der Waals surface area contributed by atoms with Gasteiger partial charge in [0.15, 0.2) is 10.6 Å². The summed E-state index contributed by atoms with van der Waals surface area (Å²) in [6, 6.07) is 15.9. The van der Waals surface area contributed by atoms with Crippen molar-refractivity contribution in [3.05, 3.63) is 93.2 Å². The van der Waals surface area contributed by atoms with E-state index in [0.717, 1.165) is 67.2 Å². The average molecular weight is 1280 g/mol. The van der Waals surface area contributed by atoms with Crippen molar-refractivity contribution in [2.45, 2.75) is 123 Å². The Morgan fingerprint density at radius 1 is 0.964 bits per heavy atom. The van der Waals surface area contributed by atoms with Crippen LogP contribution in [-0.2, 0) is 39.6 Å². The molecule has 1 saturated carbocycles. The number of nitrogens with one attached hydrogen (secondary N) is 3. The molecule has 6 N–H and O–H groups in total. The van der Waals surface area contributed by atoms with Gasteiger partial charge in [0.1, 0.15) is 29.8 Å². The highest BCUT2D eigenvalue weighted by molar-refractivity contribution is 7.51. The number of ether oxygens (including phenoxy) is 4. The molecule has 7 rings (SSSR count). The van der Waals surface area contributed by atoms with Crippen LogP contribution in [0.25, 0.3) is 0 Å². The van der Waals surface area contributed by atoms with Gasteiger partial charge in [0.2, 0.25) is 23.1 Å². The van der Waals surface area contributed by atoms with Crippen LogP contribution in [0, 0.1) is 12.7 Å². The minimum absolute atomic E-state index is 0.00962. The fraction of sp³-hybridized carbons (Fsp3) is 0.481. The van der Waals surface area contributed by atoms with Gasteiger partial charge in [-0.25, -0.2) is 14.1 Å². The molecular formula is C54H72Cl5FN9O13P. The second-order valence-electron chi connectivity index (χ2n) is 19.1. The summed E-state index contributed by atoms with van der Waals surface area (Å²) in [7, 11) is -2.46. The van der Waals surface area contributed by atoms with Crippen molar-refractivity contribution in [1.82, 2.24) is 20.3 Å². The Bertz CT molecular complexity index is 2920. The zero-order valence-electron chi connectivity index (χ0n) is 47.7. The molecule has 22 nitrogen and oxygen atoms in total. The second-order valence-corrected chi connectivity index (χ2v) is 22.8. The molecule has 2 aliphatic heterocycles. The van der Waals surface area contributed by atoms with Crippen LogP contribution in [-0.4, -0.2) is 134 Å². The minimum Gasteiger partial charge on any atom is -0.489 e. The van der Waals surface area contributed by atoms with Crippen LogP contribution in [0.5, 0.6) is 11.5 Å². The third-order valence-corrected chi connectivity index (χ3v) is 13.4. The first kappa shape index (κ1) is 71.7. The smallest absolute Gasteiger partial charge is 0.427 e. The van der Waals surface area contributed by atoms with Crippen LogP contribution < -0.4 is 40.1 Å². The molecule has 1 saturated heterocycles. The third kappa shape index (κ3) is 22.7. The van der Waals surface area contributed by atoms with Crippen LogP contribution >= 0.6 is 65.6 Å². The number of benzene rings is 3. The first-order valence-electron chi connectivity index (χ1n) is 26.2. The van der Waals surface area contributed by atoms with Crippen molar-refractivity contribution in [3.8, 4) is 11.5 Å². The summed E-state index contributed by atoms with van der Waals surface area (Å²) >= 11 is 28.8. The van der Waals surface area contributed by atoms with E-state index in [4.69, 9.17) is 91.8 Å². The number of fused-ring (bicyclic) bond motifs is 1. The Kier molecular flexibility index (Phi) is 30.2. The number of anilines is 5. The lowest BCUT2D eigenvalue weighted by atomic mass is 10.0. The fourth-order valence-electron chi connectivity index (χ4n) is 8.13. The standard InChI is InChI=1S/C17H17ClFNO4.C15H22ClNO2.C11H11Cl2NO2.C8H14ClN5.C3H8NO5P/c1-9(2)15-16(21)20(17(22)24-15)13-8-14(11(18)7-12(13)19)23-10-5-3-4-6-10;1-5-13-8-6-7-11(2)15(13)17(14(18)9-16)12(3)10-19-4;1-7-6-16-9-5-3-2-4-8(9)14(7)11(15)10(12)13;1-4-10-7-12-6(9)13-8(14-7)11-5(2)3;5-3(6)1-4-2-10(7,8)9/h7-8,10H,3-6H2,1-2H3;6-8,12H,5,9-10H2,1-4H3;2-5,7,10H,6H2,1H3;5H,4H2,1-3H3,(H2,10,11,12,13,14);4H,1-2H2,(H,5,6)(H2,7,8,9). The summed E-state index contributed by atoms with van der Waals surface area (Å²) < 4.78 is 45.8. The van der Waals surface area contributed by atoms with Gasteiger partial charge in [-0.1, -0.05) is 72.1 Å². The molecular weight excluding hydrogens is 1210 g/mol. The van der Waals surface area contributed by atoms with Crippen molar-refractivity contribution >= 4 is 124 Å². The van der Waals surface area contributed by atoms with Crippen molar-refractivity contribution in [2.24, 2.45) is 0 Å². The largest absolute Gasteiger partial charge is 0.489 e. The van der Waals surface area contributed by atoms with Gasteiger partial charge >= 0.3 is 25.6 Å². The number of aromatic nitrogens is 3. The van der Waals surface area contributed by atoms with E-state index in [2.05, 4.69) is 43.9 Å². The van der Waals surface area contributed by atoms with Gasteiger partial charge in [-0.05, 0) is 134 Å². The number of rotatable bonds is 18. The van der Waals surface area contributed by atoms with Crippen LogP contribution in [0.15, 0.2) is 65.9 Å². The molecule has 3 heterocycles. The summed E-state index contributed by atoms with van der Waals surface area (Å²) in [4.78, 5) is 89.5. The van der Waals surface area contributed by atoms with Gasteiger partial charge in [0.05, 0.1) is 59.7 Å². The van der Waals surface area contributed by atoms with Crippen molar-refractivity contribution in [1.29, 1.82) is 0 Å². The average Bonchev–Trinajstić information content (AvgIpc) is 4.03. The number of carboxylic acids is 1. The van der Waals surface area contributed by atoms with Gasteiger partial charge in [-0.3, -0.25) is 29.1 Å². The Balaban J connectivity index is 0.000000280. The van der Waals surface area contributed by atoms with E-state index in [-0.39, 0.29) is 69.4 Å². The Labute approximate surface area is 507 Å². The van der Waals surface area contributed by atoms with E-state index in [1.807, 2.05) is 77.9 Å². The quantitative estimate of drug-likeness (QED) is 0.0307. The molecule has 3 aromatic carbocycles. The molecule has 0 radical (unpaired) electrons. The zero-order valence-corrected chi connectivity index (χ0v) is 52.4. The topological polar surface area (TPSA) is 285 Å². The maximum Gasteiger partial charge on any atom is 0.427 e. The molecule has 458 valence electrons. The lowest BCUT2D eigenvalue weighted by Crippen LogP contribution is -2.47. The number of methoxy groups -OCH3 is 1. The van der Waals surface area contributed by atoms with E-state index in [0.29, 0.717) is 41.3 Å². The van der Waals surface area contributed by atoms with E-state index < -0.39 is 49.0 Å².